The zero-order valence-electron chi connectivity index (χ0n) is 15.7. The van der Waals surface area contributed by atoms with Crippen LogP contribution >= 0.6 is 23.6 Å². The van der Waals surface area contributed by atoms with Crippen molar-refractivity contribution in [3.8, 4) is 0 Å². The number of aromatic nitrogens is 1. The van der Waals surface area contributed by atoms with E-state index in [0.717, 1.165) is 23.1 Å². The molecule has 2 amide bonds. The van der Waals surface area contributed by atoms with Crippen LogP contribution in [0.25, 0.3) is 6.08 Å². The molecule has 8 heteroatoms. The minimum atomic E-state index is -0.333. The third-order valence-electron chi connectivity index (χ3n) is 4.71. The van der Waals surface area contributed by atoms with Crippen LogP contribution in [0.1, 0.15) is 38.0 Å². The summed E-state index contributed by atoms with van der Waals surface area (Å²) in [6.07, 6.45) is 10.8. The Hall–Kier alpha value is -2.06. The van der Waals surface area contributed by atoms with Crippen molar-refractivity contribution < 1.29 is 9.59 Å². The van der Waals surface area contributed by atoms with Gasteiger partial charge in [-0.3, -0.25) is 19.4 Å². The Labute approximate surface area is 169 Å². The number of anilines is 1. The van der Waals surface area contributed by atoms with Gasteiger partial charge in [0.15, 0.2) is 10.2 Å². The Bertz CT molecular complexity index is 765. The van der Waals surface area contributed by atoms with Gasteiger partial charge in [-0.2, -0.15) is 0 Å². The van der Waals surface area contributed by atoms with Gasteiger partial charge in [-0.15, -0.1) is 0 Å². The largest absolute Gasteiger partial charge is 0.348 e. The van der Waals surface area contributed by atoms with E-state index in [1.165, 1.54) is 29.1 Å². The highest BCUT2D eigenvalue weighted by Gasteiger charge is 2.37. The quantitative estimate of drug-likeness (QED) is 0.429. The topological polar surface area (TPSA) is 56.8 Å². The maximum atomic E-state index is 12.6. The summed E-state index contributed by atoms with van der Waals surface area (Å²) in [7, 11) is 0. The molecule has 2 saturated heterocycles. The smallest absolute Gasteiger partial charge is 0.265 e. The van der Waals surface area contributed by atoms with E-state index in [1.54, 1.807) is 23.5 Å². The van der Waals surface area contributed by atoms with Gasteiger partial charge in [0.05, 0.1) is 0 Å². The van der Waals surface area contributed by atoms with Gasteiger partial charge in [-0.05, 0) is 57.5 Å². The second-order valence-corrected chi connectivity index (χ2v) is 7.82. The predicted octanol–water partition coefficient (Wildman–Crippen LogP) is 3.07. The molecule has 3 heterocycles. The Morgan fingerprint density at radius 1 is 1.11 bits per heavy atom. The second kappa shape index (κ2) is 8.75. The standard InChI is InChI=1S/C19H24N4O2S2/c1-3-22-16(24)15(17(25)23(4-2)19(22)26)10-8-9-14-13-20-18(27-14)21-11-6-5-7-12-21/h8-10,13H,3-7,11-12H2,1-2H3/b9-8+. The van der Waals surface area contributed by atoms with Crippen LogP contribution < -0.4 is 4.90 Å². The number of nitrogens with zero attached hydrogens (tertiary/aromatic N) is 4. The van der Waals surface area contributed by atoms with Crippen LogP contribution in [0, 0.1) is 0 Å². The first-order chi connectivity index (χ1) is 13.1. The van der Waals surface area contributed by atoms with Gasteiger partial charge < -0.3 is 4.90 Å². The van der Waals surface area contributed by atoms with E-state index in [2.05, 4.69) is 9.88 Å². The fourth-order valence-electron chi connectivity index (χ4n) is 3.23. The third kappa shape index (κ3) is 4.11. The van der Waals surface area contributed by atoms with Crippen LogP contribution in [0.3, 0.4) is 0 Å². The number of carbonyl (C=O) groups excluding carboxylic acids is 2. The minimum absolute atomic E-state index is 0.143. The van der Waals surface area contributed by atoms with E-state index >= 15 is 0 Å². The van der Waals surface area contributed by atoms with Crippen molar-refractivity contribution in [3.63, 3.8) is 0 Å². The molecule has 2 fully saturated rings. The van der Waals surface area contributed by atoms with E-state index in [0.29, 0.717) is 13.1 Å². The summed E-state index contributed by atoms with van der Waals surface area (Å²) in [5.74, 6) is -0.666. The zero-order chi connectivity index (χ0) is 19.4. The highest BCUT2D eigenvalue weighted by molar-refractivity contribution is 7.80. The fourth-order valence-corrected chi connectivity index (χ4v) is 4.53. The summed E-state index contributed by atoms with van der Waals surface area (Å²) in [5.41, 5.74) is 0.143. The lowest BCUT2D eigenvalue weighted by molar-refractivity contribution is -0.133. The first kappa shape index (κ1) is 19.7. The number of hydrogen-bond donors (Lipinski definition) is 0. The van der Waals surface area contributed by atoms with Crippen molar-refractivity contribution in [2.24, 2.45) is 0 Å². The van der Waals surface area contributed by atoms with Crippen molar-refractivity contribution in [3.05, 3.63) is 28.8 Å². The van der Waals surface area contributed by atoms with Crippen LogP contribution in [0.4, 0.5) is 5.13 Å². The molecule has 3 rings (SSSR count). The number of likely N-dealkylation sites (N-methyl/N-ethyl adjacent to an activating group) is 2. The first-order valence-electron chi connectivity index (χ1n) is 9.33. The van der Waals surface area contributed by atoms with Gasteiger partial charge >= 0.3 is 0 Å². The number of amides is 2. The molecule has 0 bridgehead atoms. The number of piperidine rings is 1. The van der Waals surface area contributed by atoms with Crippen molar-refractivity contribution in [1.82, 2.24) is 14.8 Å². The molecule has 1 aromatic rings. The molecule has 0 aromatic carbocycles. The van der Waals surface area contributed by atoms with E-state index in [-0.39, 0.29) is 22.5 Å². The molecule has 6 nitrogen and oxygen atoms in total. The molecular formula is C19H24N4O2S2. The monoisotopic (exact) mass is 404 g/mol. The summed E-state index contributed by atoms with van der Waals surface area (Å²) < 4.78 is 0. The van der Waals surface area contributed by atoms with Crippen LogP contribution in [-0.4, -0.2) is 57.9 Å². The summed E-state index contributed by atoms with van der Waals surface area (Å²) in [4.78, 5) is 35.9. The van der Waals surface area contributed by atoms with Crippen molar-refractivity contribution in [1.29, 1.82) is 0 Å². The molecule has 0 N–H and O–H groups in total. The van der Waals surface area contributed by atoms with E-state index in [1.807, 2.05) is 26.1 Å². The number of allylic oxidation sites excluding steroid dienone is 2. The van der Waals surface area contributed by atoms with Crippen LogP contribution in [0.15, 0.2) is 23.9 Å². The zero-order valence-corrected chi connectivity index (χ0v) is 17.3. The number of thiazole rings is 1. The van der Waals surface area contributed by atoms with Crippen LogP contribution in [0.2, 0.25) is 0 Å². The molecule has 0 unspecified atom stereocenters. The van der Waals surface area contributed by atoms with Gasteiger partial charge in [0.25, 0.3) is 11.8 Å². The fraction of sp³-hybridized carbons (Fsp3) is 0.474. The first-order valence-corrected chi connectivity index (χ1v) is 10.6. The lowest BCUT2D eigenvalue weighted by Crippen LogP contribution is -2.55. The van der Waals surface area contributed by atoms with Crippen molar-refractivity contribution >= 4 is 51.7 Å². The Balaban J connectivity index is 1.75. The predicted molar refractivity (Wildman–Crippen MR) is 113 cm³/mol. The van der Waals surface area contributed by atoms with Gasteiger partial charge in [0, 0.05) is 37.3 Å². The normalized spacial score (nSPS) is 18.8. The molecule has 2 aliphatic rings. The Kier molecular flexibility index (Phi) is 6.38. The maximum absolute atomic E-state index is 12.6. The lowest BCUT2D eigenvalue weighted by Gasteiger charge is -2.35. The van der Waals surface area contributed by atoms with Gasteiger partial charge in [-0.25, -0.2) is 4.98 Å². The third-order valence-corrected chi connectivity index (χ3v) is 6.17. The van der Waals surface area contributed by atoms with Crippen LogP contribution in [0.5, 0.6) is 0 Å². The van der Waals surface area contributed by atoms with Gasteiger partial charge in [0.2, 0.25) is 0 Å². The molecule has 27 heavy (non-hydrogen) atoms. The average Bonchev–Trinajstić information content (AvgIpc) is 3.15. The number of hydrogen-bond acceptors (Lipinski definition) is 6. The molecule has 0 spiro atoms. The number of carbonyl (C=O) groups is 2. The van der Waals surface area contributed by atoms with Crippen molar-refractivity contribution in [2.45, 2.75) is 33.1 Å². The summed E-state index contributed by atoms with van der Waals surface area (Å²) in [6.45, 7) is 6.70. The summed E-state index contributed by atoms with van der Waals surface area (Å²) in [5, 5.41) is 1.32. The van der Waals surface area contributed by atoms with Gasteiger partial charge in [-0.1, -0.05) is 17.4 Å². The maximum Gasteiger partial charge on any atom is 0.265 e. The summed E-state index contributed by atoms with van der Waals surface area (Å²) in [6, 6.07) is 0. The number of thiocarbonyl (C=S) groups is 1. The SMILES string of the molecule is CCN1C(=O)C(=C/C=C/c2cnc(N3CCCCC3)s2)C(=O)N(CC)C1=S. The highest BCUT2D eigenvalue weighted by Crippen LogP contribution is 2.26. The molecule has 0 radical (unpaired) electrons. The average molecular weight is 405 g/mol. The van der Waals surface area contributed by atoms with E-state index < -0.39 is 0 Å². The second-order valence-electron chi connectivity index (χ2n) is 6.41. The van der Waals surface area contributed by atoms with E-state index in [4.69, 9.17) is 12.2 Å². The van der Waals surface area contributed by atoms with Gasteiger partial charge in [0.1, 0.15) is 5.57 Å². The lowest BCUT2D eigenvalue weighted by atomic mass is 10.1. The summed E-state index contributed by atoms with van der Waals surface area (Å²) >= 11 is 6.89. The highest BCUT2D eigenvalue weighted by atomic mass is 32.1. The molecule has 0 aliphatic carbocycles. The molecule has 0 saturated carbocycles. The van der Waals surface area contributed by atoms with Crippen LogP contribution in [-0.2, 0) is 9.59 Å². The number of rotatable bonds is 5. The van der Waals surface area contributed by atoms with Crippen molar-refractivity contribution in [2.75, 3.05) is 31.1 Å². The minimum Gasteiger partial charge on any atom is -0.348 e. The Morgan fingerprint density at radius 3 is 2.33 bits per heavy atom. The molecule has 144 valence electrons. The molecular weight excluding hydrogens is 380 g/mol. The van der Waals surface area contributed by atoms with E-state index in [9.17, 15) is 9.59 Å². The molecule has 2 aliphatic heterocycles. The Morgan fingerprint density at radius 2 is 1.74 bits per heavy atom. The molecule has 0 atom stereocenters. The molecule has 1 aromatic heterocycles.